The van der Waals surface area contributed by atoms with Crippen molar-refractivity contribution in [2.24, 2.45) is 0 Å². The van der Waals surface area contributed by atoms with Gasteiger partial charge in [0.15, 0.2) is 0 Å². The molecule has 0 saturated carbocycles. The van der Waals surface area contributed by atoms with Crippen molar-refractivity contribution in [1.29, 1.82) is 5.26 Å². The van der Waals surface area contributed by atoms with Gasteiger partial charge in [-0.15, -0.1) is 11.3 Å². The Morgan fingerprint density at radius 1 is 0.548 bits per heavy atom. The van der Waals surface area contributed by atoms with Gasteiger partial charge in [-0.2, -0.15) is 5.26 Å². The minimum atomic E-state index is -0.134. The van der Waals surface area contributed by atoms with Gasteiger partial charge < -0.3 is 9.80 Å². The lowest BCUT2D eigenvalue weighted by atomic mass is 9.36. The number of nitrogens with zero attached hydrogens (tertiary/aromatic N) is 3. The number of hydrogen-bond donors (Lipinski definition) is 0. The normalized spacial score (nSPS) is 16.7. The van der Waals surface area contributed by atoms with Crippen LogP contribution in [0.5, 0.6) is 0 Å². The van der Waals surface area contributed by atoms with E-state index in [1.807, 2.05) is 17.4 Å². The van der Waals surface area contributed by atoms with Gasteiger partial charge in [0.2, 0.25) is 0 Å². The summed E-state index contributed by atoms with van der Waals surface area (Å²) < 4.78 is 2.64. The van der Waals surface area contributed by atoms with Crippen molar-refractivity contribution in [2.45, 2.75) is 156 Å². The topological polar surface area (TPSA) is 30.3 Å². The molecule has 0 unspecified atom stereocenters. The van der Waals surface area contributed by atoms with Crippen LogP contribution in [0.2, 0.25) is 0 Å². The van der Waals surface area contributed by atoms with E-state index in [0.717, 1.165) is 12.1 Å². The van der Waals surface area contributed by atoms with Crippen LogP contribution in [0.25, 0.3) is 10.1 Å². The van der Waals surface area contributed by atoms with Gasteiger partial charge in [0.25, 0.3) is 6.71 Å². The molecule has 3 heterocycles. The van der Waals surface area contributed by atoms with Gasteiger partial charge >= 0.3 is 0 Å². The molecule has 0 spiro atoms. The maximum atomic E-state index is 10.5. The van der Waals surface area contributed by atoms with Gasteiger partial charge in [-0.05, 0) is 156 Å². The van der Waals surface area contributed by atoms with Crippen molar-refractivity contribution in [3.8, 4) is 6.07 Å². The minimum absolute atomic E-state index is 0.0124. The first-order valence-corrected chi connectivity index (χ1v) is 23.7. The van der Waals surface area contributed by atoms with E-state index in [1.54, 1.807) is 0 Å². The third kappa shape index (κ3) is 6.74. The molecule has 62 heavy (non-hydrogen) atoms. The molecule has 3 nitrogen and oxygen atoms in total. The average molecular weight is 836 g/mol. The smallest absolute Gasteiger partial charge is 0.264 e. The monoisotopic (exact) mass is 836 g/mol. The molecule has 1 aliphatic carbocycles. The van der Waals surface area contributed by atoms with Crippen molar-refractivity contribution < 1.29 is 0 Å². The zero-order valence-electron chi connectivity index (χ0n) is 40.3. The minimum Gasteiger partial charge on any atom is -0.311 e. The van der Waals surface area contributed by atoms with Gasteiger partial charge in [-0.1, -0.05) is 129 Å². The van der Waals surface area contributed by atoms with Crippen LogP contribution in [0.1, 0.15) is 163 Å². The Morgan fingerprint density at radius 2 is 1.11 bits per heavy atom. The molecule has 5 aromatic carbocycles. The van der Waals surface area contributed by atoms with E-state index < -0.39 is 0 Å². The summed E-state index contributed by atoms with van der Waals surface area (Å²) in [5.74, 6) is 0. The van der Waals surface area contributed by atoms with Crippen LogP contribution in [0.15, 0.2) is 84.9 Å². The Morgan fingerprint density at radius 3 is 1.69 bits per heavy atom. The third-order valence-electron chi connectivity index (χ3n) is 14.5. The maximum absolute atomic E-state index is 10.5. The molecule has 0 amide bonds. The van der Waals surface area contributed by atoms with Gasteiger partial charge in [0.1, 0.15) is 0 Å². The molecule has 1 aromatic heterocycles. The predicted molar refractivity (Wildman–Crippen MR) is 271 cm³/mol. The molecular weight excluding hydrogens is 770 g/mol. The Balaban J connectivity index is 1.45. The second kappa shape index (κ2) is 13.6. The van der Waals surface area contributed by atoms with E-state index >= 15 is 0 Å². The molecule has 0 fully saturated rings. The van der Waals surface area contributed by atoms with Crippen LogP contribution < -0.4 is 25.5 Å². The third-order valence-corrected chi connectivity index (χ3v) is 15.7. The Bertz CT molecular complexity index is 2840. The summed E-state index contributed by atoms with van der Waals surface area (Å²) in [5.41, 5.74) is 18.6. The van der Waals surface area contributed by atoms with Gasteiger partial charge in [-0.25, -0.2) is 0 Å². The highest BCUT2D eigenvalue weighted by Crippen LogP contribution is 2.53. The quantitative estimate of drug-likeness (QED) is 0.163. The molecule has 318 valence electrons. The molecule has 0 bridgehead atoms. The highest BCUT2D eigenvalue weighted by Gasteiger charge is 2.47. The Labute approximate surface area is 377 Å². The number of thiophene rings is 1. The van der Waals surface area contributed by atoms with Gasteiger partial charge in [0.05, 0.1) is 17.3 Å². The van der Waals surface area contributed by atoms with Crippen molar-refractivity contribution in [1.82, 2.24) is 0 Å². The van der Waals surface area contributed by atoms with E-state index in [-0.39, 0.29) is 39.2 Å². The number of hydrogen-bond acceptors (Lipinski definition) is 4. The van der Waals surface area contributed by atoms with Crippen LogP contribution in [-0.4, -0.2) is 6.71 Å². The molecule has 0 radical (unpaired) electrons. The summed E-state index contributed by atoms with van der Waals surface area (Å²) >= 11 is 1.94. The molecule has 9 rings (SSSR count). The number of anilines is 6. The average Bonchev–Trinajstić information content (AvgIpc) is 3.56. The van der Waals surface area contributed by atoms with Crippen molar-refractivity contribution in [3.63, 3.8) is 0 Å². The lowest BCUT2D eigenvalue weighted by molar-refractivity contribution is 0.332. The number of nitriles is 1. The van der Waals surface area contributed by atoms with Crippen LogP contribution in [-0.2, 0) is 32.5 Å². The summed E-state index contributed by atoms with van der Waals surface area (Å²) in [7, 11) is 0. The van der Waals surface area contributed by atoms with Gasteiger partial charge in [0, 0.05) is 43.3 Å². The zero-order valence-corrected chi connectivity index (χ0v) is 41.1. The molecule has 0 atom stereocenters. The molecular formula is C57H66BN3S. The first kappa shape index (κ1) is 42.5. The summed E-state index contributed by atoms with van der Waals surface area (Å²) in [6.07, 6.45) is 2.34. The summed E-state index contributed by atoms with van der Waals surface area (Å²) in [4.78, 5) is 5.21. The van der Waals surface area contributed by atoms with E-state index in [0.29, 0.717) is 5.56 Å². The van der Waals surface area contributed by atoms with Gasteiger partial charge in [-0.3, -0.25) is 0 Å². The molecule has 0 saturated heterocycles. The zero-order chi connectivity index (χ0) is 44.9. The van der Waals surface area contributed by atoms with Crippen LogP contribution >= 0.6 is 11.3 Å². The van der Waals surface area contributed by atoms with E-state index in [4.69, 9.17) is 0 Å². The molecule has 2 aliphatic heterocycles. The first-order chi connectivity index (χ1) is 28.7. The Kier molecular flexibility index (Phi) is 9.33. The number of rotatable bonds is 2. The SMILES string of the molecule is CC(C)(C)c1cc(N2c3ccc(C#N)cc3B3c4sc5ccc(C(C)(C)C)cc5c4N(c4ccc5c(c4)C(C)(C)CCC5(C)C)c4cc(C(C)(C)C)cc2c43)cc(C(C)(C)C)c1. The van der Waals surface area contributed by atoms with E-state index in [1.165, 1.54) is 94.0 Å². The molecule has 5 heteroatoms. The predicted octanol–water partition coefficient (Wildman–Crippen LogP) is 14.4. The Hall–Kier alpha value is -4.79. The lowest BCUT2D eigenvalue weighted by Crippen LogP contribution is -2.60. The summed E-state index contributed by atoms with van der Waals surface area (Å²) in [5, 5.41) is 11.8. The standard InChI is InChI=1S/C57H66BN3S/c1-52(2,3)35-18-22-48-41(29-35)50-51(62-48)58-44-25-34(33-59)17-21-45(44)60(40-27-36(53(4,5)6)26-37(28-40)54(7,8)9)46-30-38(55(10,11)12)31-47(49(46)58)61(50)39-19-20-42-43(32-39)57(15,16)24-23-56(42,13)14/h17-22,25-32H,23-24H2,1-16H3. The van der Waals surface area contributed by atoms with Crippen molar-refractivity contribution in [2.75, 3.05) is 9.80 Å². The van der Waals surface area contributed by atoms with E-state index in [2.05, 4.69) is 206 Å². The summed E-state index contributed by atoms with van der Waals surface area (Å²) in [6, 6.07) is 35.9. The maximum Gasteiger partial charge on any atom is 0.264 e. The van der Waals surface area contributed by atoms with Crippen LogP contribution in [0.3, 0.4) is 0 Å². The first-order valence-electron chi connectivity index (χ1n) is 22.9. The van der Waals surface area contributed by atoms with Crippen molar-refractivity contribution >= 4 is 78.0 Å². The highest BCUT2D eigenvalue weighted by molar-refractivity contribution is 7.33. The molecule has 6 aromatic rings. The molecule has 3 aliphatic rings. The lowest BCUT2D eigenvalue weighted by Gasteiger charge is -2.45. The number of fused-ring (bicyclic) bond motifs is 7. The fourth-order valence-electron chi connectivity index (χ4n) is 10.3. The second-order valence-electron chi connectivity index (χ2n) is 24.2. The molecule has 0 N–H and O–H groups in total. The van der Waals surface area contributed by atoms with Crippen LogP contribution in [0, 0.1) is 11.3 Å². The fraction of sp³-hybridized carbons (Fsp3) is 0.421. The second-order valence-corrected chi connectivity index (χ2v) is 25.3. The van der Waals surface area contributed by atoms with Crippen molar-refractivity contribution in [3.05, 3.63) is 124 Å². The fourth-order valence-corrected chi connectivity index (χ4v) is 11.6. The summed E-state index contributed by atoms with van der Waals surface area (Å²) in [6.45, 7) is 37.7. The highest BCUT2D eigenvalue weighted by atomic mass is 32.1. The van der Waals surface area contributed by atoms with E-state index in [9.17, 15) is 5.26 Å². The number of benzene rings is 5. The van der Waals surface area contributed by atoms with Crippen LogP contribution in [0.4, 0.5) is 34.1 Å². The largest absolute Gasteiger partial charge is 0.311 e.